The van der Waals surface area contributed by atoms with Gasteiger partial charge in [-0.25, -0.2) is 0 Å². The fourth-order valence-corrected chi connectivity index (χ4v) is 1.88. The summed E-state index contributed by atoms with van der Waals surface area (Å²) in [7, 11) is 0. The minimum absolute atomic E-state index is 0.199. The topological polar surface area (TPSA) is 55.1 Å². The summed E-state index contributed by atoms with van der Waals surface area (Å²) in [6.45, 7) is 0. The normalized spacial score (nSPS) is 27.8. The lowest BCUT2D eigenvalue weighted by atomic mass is 10.2. The summed E-state index contributed by atoms with van der Waals surface area (Å²) >= 11 is 0. The van der Waals surface area contributed by atoms with E-state index in [1.54, 1.807) is 16.9 Å². The number of carbonyl (C=O) groups excluding carboxylic acids is 1. The highest BCUT2D eigenvalue weighted by molar-refractivity contribution is 5.71. The monoisotopic (exact) mass is 180 g/mol. The maximum absolute atomic E-state index is 10.6. The van der Waals surface area contributed by atoms with Crippen LogP contribution in [0.1, 0.15) is 35.8 Å². The van der Waals surface area contributed by atoms with Gasteiger partial charge in [0, 0.05) is 6.20 Å². The summed E-state index contributed by atoms with van der Waals surface area (Å²) in [5, 5.41) is 13.4. The molecule has 0 aromatic carbocycles. The summed E-state index contributed by atoms with van der Waals surface area (Å²) in [6.07, 6.45) is 4.62. The molecule has 0 saturated heterocycles. The average molecular weight is 180 g/mol. The van der Waals surface area contributed by atoms with Gasteiger partial charge < -0.3 is 5.11 Å². The number of hydrogen-bond donors (Lipinski definition) is 1. The van der Waals surface area contributed by atoms with Crippen molar-refractivity contribution in [3.05, 3.63) is 18.0 Å². The van der Waals surface area contributed by atoms with Gasteiger partial charge in [0.15, 0.2) is 6.29 Å². The Hall–Kier alpha value is -1.16. The third-order valence-electron chi connectivity index (χ3n) is 2.54. The van der Waals surface area contributed by atoms with Crippen molar-refractivity contribution in [1.82, 2.24) is 9.78 Å². The number of nitrogens with zero attached hydrogens (tertiary/aromatic N) is 2. The number of aliphatic hydroxyl groups is 1. The first-order valence-corrected chi connectivity index (χ1v) is 4.48. The van der Waals surface area contributed by atoms with Crippen LogP contribution in [-0.2, 0) is 0 Å². The van der Waals surface area contributed by atoms with E-state index in [-0.39, 0.29) is 12.1 Å². The Balaban J connectivity index is 2.20. The van der Waals surface area contributed by atoms with Crippen molar-refractivity contribution in [2.75, 3.05) is 0 Å². The molecule has 0 amide bonds. The number of carbonyl (C=O) groups is 1. The van der Waals surface area contributed by atoms with E-state index in [0.717, 1.165) is 19.1 Å². The molecule has 1 saturated carbocycles. The first kappa shape index (κ1) is 8.44. The van der Waals surface area contributed by atoms with Crippen LogP contribution in [0.5, 0.6) is 0 Å². The van der Waals surface area contributed by atoms with Gasteiger partial charge in [-0.05, 0) is 25.3 Å². The Labute approximate surface area is 76.2 Å². The van der Waals surface area contributed by atoms with Crippen molar-refractivity contribution in [1.29, 1.82) is 0 Å². The van der Waals surface area contributed by atoms with Crippen LogP contribution in [0.2, 0.25) is 0 Å². The minimum atomic E-state index is -0.228. The van der Waals surface area contributed by atoms with Crippen LogP contribution in [-0.4, -0.2) is 27.3 Å². The zero-order valence-electron chi connectivity index (χ0n) is 7.26. The highest BCUT2D eigenvalue weighted by atomic mass is 16.3. The summed E-state index contributed by atoms with van der Waals surface area (Å²) < 4.78 is 1.71. The van der Waals surface area contributed by atoms with Gasteiger partial charge in [-0.2, -0.15) is 5.10 Å². The molecule has 0 spiro atoms. The van der Waals surface area contributed by atoms with Crippen LogP contribution in [0.25, 0.3) is 0 Å². The molecule has 2 unspecified atom stereocenters. The highest BCUT2D eigenvalue weighted by Crippen LogP contribution is 2.29. The first-order chi connectivity index (χ1) is 6.31. The Kier molecular flexibility index (Phi) is 2.14. The van der Waals surface area contributed by atoms with Gasteiger partial charge in [-0.15, -0.1) is 0 Å². The summed E-state index contributed by atoms with van der Waals surface area (Å²) in [6, 6.07) is 1.89. The molecule has 4 nitrogen and oxygen atoms in total. The van der Waals surface area contributed by atoms with Crippen molar-refractivity contribution in [3.8, 4) is 0 Å². The molecule has 4 heteroatoms. The zero-order chi connectivity index (χ0) is 9.26. The third-order valence-corrected chi connectivity index (χ3v) is 2.54. The lowest BCUT2D eigenvalue weighted by molar-refractivity contribution is 0.111. The van der Waals surface area contributed by atoms with E-state index in [0.29, 0.717) is 12.1 Å². The number of aliphatic hydroxyl groups excluding tert-OH is 1. The van der Waals surface area contributed by atoms with Gasteiger partial charge in [0.2, 0.25) is 0 Å². The quantitative estimate of drug-likeness (QED) is 0.684. The molecule has 0 bridgehead atoms. The maximum atomic E-state index is 10.6. The molecule has 1 aromatic heterocycles. The van der Waals surface area contributed by atoms with Crippen LogP contribution < -0.4 is 0 Å². The third kappa shape index (κ3) is 1.49. The molecule has 1 fully saturated rings. The number of aldehydes is 1. The van der Waals surface area contributed by atoms with Crippen molar-refractivity contribution >= 4 is 6.29 Å². The molecular formula is C9H12N2O2. The Morgan fingerprint density at radius 3 is 3.08 bits per heavy atom. The van der Waals surface area contributed by atoms with E-state index in [9.17, 15) is 9.90 Å². The average Bonchev–Trinajstić information content (AvgIpc) is 2.71. The minimum Gasteiger partial charge on any atom is -0.393 e. The lowest BCUT2D eigenvalue weighted by Crippen LogP contribution is -2.11. The van der Waals surface area contributed by atoms with Gasteiger partial charge in [0.1, 0.15) is 5.69 Å². The molecular weight excluding hydrogens is 168 g/mol. The Morgan fingerprint density at radius 1 is 1.62 bits per heavy atom. The second-order valence-corrected chi connectivity index (χ2v) is 3.44. The van der Waals surface area contributed by atoms with Crippen LogP contribution >= 0.6 is 0 Å². The zero-order valence-corrected chi connectivity index (χ0v) is 7.26. The molecule has 2 rings (SSSR count). The van der Waals surface area contributed by atoms with E-state index in [1.165, 1.54) is 0 Å². The predicted octanol–water partition coefficient (Wildman–Crippen LogP) is 0.781. The molecule has 1 heterocycles. The van der Waals surface area contributed by atoms with Crippen LogP contribution in [0.3, 0.4) is 0 Å². The van der Waals surface area contributed by atoms with E-state index in [2.05, 4.69) is 5.10 Å². The summed E-state index contributed by atoms with van der Waals surface area (Å²) in [5.41, 5.74) is 0.596. The maximum Gasteiger partial charge on any atom is 0.168 e. The Morgan fingerprint density at radius 2 is 2.46 bits per heavy atom. The smallest absolute Gasteiger partial charge is 0.168 e. The van der Waals surface area contributed by atoms with Gasteiger partial charge >= 0.3 is 0 Å². The highest BCUT2D eigenvalue weighted by Gasteiger charge is 2.25. The standard InChI is InChI=1S/C9H12N2O2/c12-6-8-3-4-10-11(8)7-1-2-9(13)5-7/h3-4,6-7,9,13H,1-2,5H2. The molecule has 1 aromatic rings. The lowest BCUT2D eigenvalue weighted by Gasteiger charge is -2.11. The number of aromatic nitrogens is 2. The molecule has 2 atom stereocenters. The molecule has 1 aliphatic rings. The fraction of sp³-hybridized carbons (Fsp3) is 0.556. The summed E-state index contributed by atoms with van der Waals surface area (Å²) in [5.74, 6) is 0. The van der Waals surface area contributed by atoms with Crippen molar-refractivity contribution in [2.45, 2.75) is 31.4 Å². The van der Waals surface area contributed by atoms with Gasteiger partial charge in [0.05, 0.1) is 12.1 Å². The molecule has 1 N–H and O–H groups in total. The molecule has 13 heavy (non-hydrogen) atoms. The van der Waals surface area contributed by atoms with E-state index in [1.807, 2.05) is 0 Å². The van der Waals surface area contributed by atoms with Crippen LogP contribution in [0.15, 0.2) is 12.3 Å². The van der Waals surface area contributed by atoms with E-state index in [4.69, 9.17) is 0 Å². The predicted molar refractivity (Wildman–Crippen MR) is 46.5 cm³/mol. The number of hydrogen-bond acceptors (Lipinski definition) is 3. The second-order valence-electron chi connectivity index (χ2n) is 3.44. The molecule has 70 valence electrons. The van der Waals surface area contributed by atoms with E-state index < -0.39 is 0 Å². The second kappa shape index (κ2) is 3.30. The molecule has 0 radical (unpaired) electrons. The van der Waals surface area contributed by atoms with Crippen molar-refractivity contribution in [2.24, 2.45) is 0 Å². The number of rotatable bonds is 2. The van der Waals surface area contributed by atoms with E-state index >= 15 is 0 Å². The van der Waals surface area contributed by atoms with Crippen molar-refractivity contribution in [3.63, 3.8) is 0 Å². The summed E-state index contributed by atoms with van der Waals surface area (Å²) in [4.78, 5) is 10.6. The molecule has 0 aliphatic heterocycles. The largest absolute Gasteiger partial charge is 0.393 e. The fourth-order valence-electron chi connectivity index (χ4n) is 1.88. The molecule has 1 aliphatic carbocycles. The van der Waals surface area contributed by atoms with Gasteiger partial charge in [-0.3, -0.25) is 9.48 Å². The van der Waals surface area contributed by atoms with Crippen LogP contribution in [0.4, 0.5) is 0 Å². The SMILES string of the molecule is O=Cc1ccnn1C1CCC(O)C1. The first-order valence-electron chi connectivity index (χ1n) is 4.48. The van der Waals surface area contributed by atoms with Crippen molar-refractivity contribution < 1.29 is 9.90 Å². The van der Waals surface area contributed by atoms with Gasteiger partial charge in [-0.1, -0.05) is 0 Å². The van der Waals surface area contributed by atoms with Crippen LogP contribution in [0, 0.1) is 0 Å². The van der Waals surface area contributed by atoms with Gasteiger partial charge in [0.25, 0.3) is 0 Å². The Bertz CT molecular complexity index is 308.